The van der Waals surface area contributed by atoms with Crippen LogP contribution in [0, 0.1) is 5.82 Å². The molecule has 0 heterocycles. The number of carbonyl (C=O) groups excluding carboxylic acids is 1. The zero-order valence-electron chi connectivity index (χ0n) is 13.2. The third kappa shape index (κ3) is 4.59. The Morgan fingerprint density at radius 2 is 1.79 bits per heavy atom. The van der Waals surface area contributed by atoms with E-state index in [2.05, 4.69) is 29.6 Å². The molecule has 0 aliphatic rings. The first-order valence-corrected chi connectivity index (χ1v) is 8.82. The molecule has 1 amide bonds. The standard InChI is InChI=1S/C20H18FNOS/c21-18-7-3-4-15(12-18)10-11-22-20(23)14-24-19-9-8-16-5-1-2-6-17(16)13-19/h1-9,12-13H,10-11,14H2,(H,22,23). The summed E-state index contributed by atoms with van der Waals surface area (Å²) in [6.07, 6.45) is 0.629. The summed E-state index contributed by atoms with van der Waals surface area (Å²) < 4.78 is 13.1. The van der Waals surface area contributed by atoms with E-state index < -0.39 is 0 Å². The van der Waals surface area contributed by atoms with E-state index in [-0.39, 0.29) is 11.7 Å². The molecule has 0 radical (unpaired) electrons. The average molecular weight is 339 g/mol. The lowest BCUT2D eigenvalue weighted by atomic mass is 10.1. The van der Waals surface area contributed by atoms with Gasteiger partial charge in [0.05, 0.1) is 5.75 Å². The van der Waals surface area contributed by atoms with E-state index >= 15 is 0 Å². The average Bonchev–Trinajstić information content (AvgIpc) is 2.60. The van der Waals surface area contributed by atoms with Crippen molar-refractivity contribution >= 4 is 28.4 Å². The SMILES string of the molecule is O=C(CSc1ccc2ccccc2c1)NCCc1cccc(F)c1. The van der Waals surface area contributed by atoms with Gasteiger partial charge in [-0.2, -0.15) is 0 Å². The van der Waals surface area contributed by atoms with Crippen LogP contribution in [0.15, 0.2) is 71.6 Å². The minimum Gasteiger partial charge on any atom is -0.355 e. The van der Waals surface area contributed by atoms with E-state index in [1.807, 2.05) is 24.3 Å². The molecule has 3 aromatic carbocycles. The molecule has 0 spiro atoms. The minimum absolute atomic E-state index is 0.00967. The summed E-state index contributed by atoms with van der Waals surface area (Å²) in [7, 11) is 0. The van der Waals surface area contributed by atoms with Crippen molar-refractivity contribution in [3.05, 3.63) is 78.1 Å². The number of hydrogen-bond acceptors (Lipinski definition) is 2. The highest BCUT2D eigenvalue weighted by atomic mass is 32.2. The Balaban J connectivity index is 1.46. The van der Waals surface area contributed by atoms with Gasteiger partial charge >= 0.3 is 0 Å². The van der Waals surface area contributed by atoms with E-state index in [1.165, 1.54) is 34.7 Å². The smallest absolute Gasteiger partial charge is 0.230 e. The number of fused-ring (bicyclic) bond motifs is 1. The second-order valence-corrected chi connectivity index (χ2v) is 6.58. The molecule has 4 heteroatoms. The first-order chi connectivity index (χ1) is 11.7. The highest BCUT2D eigenvalue weighted by Crippen LogP contribution is 2.23. The number of rotatable bonds is 6. The van der Waals surface area contributed by atoms with Gasteiger partial charge < -0.3 is 5.32 Å². The van der Waals surface area contributed by atoms with Crippen LogP contribution in [0.5, 0.6) is 0 Å². The normalized spacial score (nSPS) is 10.7. The quantitative estimate of drug-likeness (QED) is 0.673. The van der Waals surface area contributed by atoms with Gasteiger partial charge in [0.15, 0.2) is 0 Å². The Labute approximate surface area is 145 Å². The Bertz CT molecular complexity index is 850. The molecule has 2 nitrogen and oxygen atoms in total. The predicted octanol–water partition coefficient (Wildman–Crippen LogP) is 4.43. The van der Waals surface area contributed by atoms with Crippen LogP contribution in [-0.2, 0) is 11.2 Å². The van der Waals surface area contributed by atoms with Crippen LogP contribution < -0.4 is 5.32 Å². The van der Waals surface area contributed by atoms with Crippen molar-refractivity contribution in [1.29, 1.82) is 0 Å². The Morgan fingerprint density at radius 3 is 2.62 bits per heavy atom. The molecule has 0 aromatic heterocycles. The van der Waals surface area contributed by atoms with Crippen molar-refractivity contribution in [3.63, 3.8) is 0 Å². The largest absolute Gasteiger partial charge is 0.355 e. The van der Waals surface area contributed by atoms with Gasteiger partial charge in [-0.05, 0) is 47.0 Å². The summed E-state index contributed by atoms with van der Waals surface area (Å²) in [5.41, 5.74) is 0.887. The molecule has 0 aliphatic carbocycles. The second-order valence-electron chi connectivity index (χ2n) is 5.53. The molecule has 24 heavy (non-hydrogen) atoms. The summed E-state index contributed by atoms with van der Waals surface area (Å²) in [4.78, 5) is 13.0. The molecular formula is C20H18FNOS. The van der Waals surface area contributed by atoms with Gasteiger partial charge in [0, 0.05) is 11.4 Å². The molecule has 0 saturated heterocycles. The van der Waals surface area contributed by atoms with Crippen LogP contribution in [0.1, 0.15) is 5.56 Å². The lowest BCUT2D eigenvalue weighted by Gasteiger charge is -2.06. The van der Waals surface area contributed by atoms with Crippen molar-refractivity contribution in [2.24, 2.45) is 0 Å². The first-order valence-electron chi connectivity index (χ1n) is 7.83. The maximum absolute atomic E-state index is 13.1. The number of benzene rings is 3. The monoisotopic (exact) mass is 339 g/mol. The van der Waals surface area contributed by atoms with Gasteiger partial charge in [-0.1, -0.05) is 42.5 Å². The van der Waals surface area contributed by atoms with Gasteiger partial charge in [-0.3, -0.25) is 4.79 Å². The molecule has 1 N–H and O–H groups in total. The van der Waals surface area contributed by atoms with Crippen molar-refractivity contribution < 1.29 is 9.18 Å². The highest BCUT2D eigenvalue weighted by molar-refractivity contribution is 8.00. The van der Waals surface area contributed by atoms with Gasteiger partial charge in [-0.25, -0.2) is 4.39 Å². The summed E-state index contributed by atoms with van der Waals surface area (Å²) in [6, 6.07) is 20.8. The van der Waals surface area contributed by atoms with E-state index in [9.17, 15) is 9.18 Å². The van der Waals surface area contributed by atoms with Crippen LogP contribution in [0.4, 0.5) is 4.39 Å². The molecule has 0 fully saturated rings. The zero-order chi connectivity index (χ0) is 16.8. The lowest BCUT2D eigenvalue weighted by molar-refractivity contribution is -0.118. The lowest BCUT2D eigenvalue weighted by Crippen LogP contribution is -2.27. The predicted molar refractivity (Wildman–Crippen MR) is 97.8 cm³/mol. The number of carbonyl (C=O) groups is 1. The van der Waals surface area contributed by atoms with Gasteiger partial charge in [-0.15, -0.1) is 11.8 Å². The third-order valence-corrected chi connectivity index (χ3v) is 4.71. The number of thioether (sulfide) groups is 1. The molecule has 0 atom stereocenters. The fraction of sp³-hybridized carbons (Fsp3) is 0.150. The van der Waals surface area contributed by atoms with Crippen molar-refractivity contribution in [3.8, 4) is 0 Å². The molecule has 3 rings (SSSR count). The summed E-state index contributed by atoms with van der Waals surface area (Å²) in [5.74, 6) is 0.122. The third-order valence-electron chi connectivity index (χ3n) is 3.72. The van der Waals surface area contributed by atoms with Crippen LogP contribution in [0.25, 0.3) is 10.8 Å². The number of hydrogen-bond donors (Lipinski definition) is 1. The fourth-order valence-corrected chi connectivity index (χ4v) is 3.27. The van der Waals surface area contributed by atoms with Crippen LogP contribution >= 0.6 is 11.8 Å². The molecule has 3 aromatic rings. The molecule has 0 aliphatic heterocycles. The Hall–Kier alpha value is -2.33. The topological polar surface area (TPSA) is 29.1 Å². The number of nitrogens with one attached hydrogen (secondary N) is 1. The Morgan fingerprint density at radius 1 is 0.958 bits per heavy atom. The van der Waals surface area contributed by atoms with Gasteiger partial charge in [0.25, 0.3) is 0 Å². The van der Waals surface area contributed by atoms with E-state index in [0.717, 1.165) is 10.5 Å². The van der Waals surface area contributed by atoms with Gasteiger partial charge in [0.1, 0.15) is 5.82 Å². The fourth-order valence-electron chi connectivity index (χ4n) is 2.50. The van der Waals surface area contributed by atoms with Gasteiger partial charge in [0.2, 0.25) is 5.91 Å². The van der Waals surface area contributed by atoms with E-state index in [1.54, 1.807) is 6.07 Å². The molecule has 0 saturated carbocycles. The van der Waals surface area contributed by atoms with Crippen LogP contribution in [0.3, 0.4) is 0 Å². The summed E-state index contributed by atoms with van der Waals surface area (Å²) in [6.45, 7) is 0.514. The molecule has 0 bridgehead atoms. The number of halogens is 1. The summed E-state index contributed by atoms with van der Waals surface area (Å²) >= 11 is 1.52. The minimum atomic E-state index is -0.245. The van der Waals surface area contributed by atoms with Crippen LogP contribution in [-0.4, -0.2) is 18.2 Å². The maximum atomic E-state index is 13.1. The maximum Gasteiger partial charge on any atom is 0.230 e. The zero-order valence-corrected chi connectivity index (χ0v) is 14.0. The molecule has 122 valence electrons. The van der Waals surface area contributed by atoms with Crippen molar-refractivity contribution in [1.82, 2.24) is 5.32 Å². The highest BCUT2D eigenvalue weighted by Gasteiger charge is 2.04. The van der Waals surface area contributed by atoms with Crippen molar-refractivity contribution in [2.45, 2.75) is 11.3 Å². The first kappa shape index (κ1) is 16.5. The number of amides is 1. The summed E-state index contributed by atoms with van der Waals surface area (Å²) in [5, 5.41) is 5.25. The van der Waals surface area contributed by atoms with E-state index in [0.29, 0.717) is 18.7 Å². The second kappa shape index (κ2) is 7.97. The Kier molecular flexibility index (Phi) is 5.49. The van der Waals surface area contributed by atoms with Crippen LogP contribution in [0.2, 0.25) is 0 Å². The molecule has 0 unspecified atom stereocenters. The van der Waals surface area contributed by atoms with Crippen molar-refractivity contribution in [2.75, 3.05) is 12.3 Å². The molecular weight excluding hydrogens is 321 g/mol. The van der Waals surface area contributed by atoms with E-state index in [4.69, 9.17) is 0 Å².